The van der Waals surface area contributed by atoms with E-state index in [1.807, 2.05) is 59.5 Å². The van der Waals surface area contributed by atoms with Gasteiger partial charge < -0.3 is 9.64 Å². The largest absolute Gasteiger partial charge is 0.486 e. The number of hydrogen-bond donors (Lipinski definition) is 0. The lowest BCUT2D eigenvalue weighted by molar-refractivity contribution is -0.129. The van der Waals surface area contributed by atoms with Gasteiger partial charge in [0.25, 0.3) is 0 Å². The van der Waals surface area contributed by atoms with E-state index in [9.17, 15) is 4.79 Å². The van der Waals surface area contributed by atoms with Gasteiger partial charge in [-0.05, 0) is 29.8 Å². The van der Waals surface area contributed by atoms with Crippen LogP contribution in [0.1, 0.15) is 12.0 Å². The molecule has 1 fully saturated rings. The lowest BCUT2D eigenvalue weighted by Gasteiger charge is -2.18. The molecule has 132 valence electrons. The van der Waals surface area contributed by atoms with E-state index in [-0.39, 0.29) is 12.0 Å². The van der Waals surface area contributed by atoms with Crippen LogP contribution in [0.25, 0.3) is 10.9 Å². The van der Waals surface area contributed by atoms with E-state index in [0.29, 0.717) is 18.0 Å². The lowest BCUT2D eigenvalue weighted by Crippen LogP contribution is -2.32. The summed E-state index contributed by atoms with van der Waals surface area (Å²) >= 11 is 5.90. The maximum absolute atomic E-state index is 12.5. The number of carbonyl (C=O) groups is 1. The quantitative estimate of drug-likeness (QED) is 0.697. The van der Waals surface area contributed by atoms with E-state index < -0.39 is 0 Å². The van der Waals surface area contributed by atoms with Crippen molar-refractivity contribution in [2.45, 2.75) is 18.9 Å². The van der Waals surface area contributed by atoms with Crippen LogP contribution in [0.5, 0.6) is 5.75 Å². The van der Waals surface area contributed by atoms with Gasteiger partial charge in [0.2, 0.25) is 5.91 Å². The number of hydrogen-bond acceptors (Lipinski definition) is 3. The van der Waals surface area contributed by atoms with Gasteiger partial charge in [-0.3, -0.25) is 9.78 Å². The maximum Gasteiger partial charge on any atom is 0.227 e. The molecular formula is C21H19ClN2O2. The van der Waals surface area contributed by atoms with Crippen LogP contribution >= 0.6 is 11.6 Å². The van der Waals surface area contributed by atoms with Gasteiger partial charge >= 0.3 is 0 Å². The highest BCUT2D eigenvalue weighted by atomic mass is 35.5. The second-order valence-corrected chi connectivity index (χ2v) is 6.94. The number of halogens is 1. The van der Waals surface area contributed by atoms with Crippen molar-refractivity contribution < 1.29 is 9.53 Å². The summed E-state index contributed by atoms with van der Waals surface area (Å²) in [4.78, 5) is 18.8. The third-order valence-electron chi connectivity index (χ3n) is 4.66. The molecule has 0 saturated carbocycles. The fourth-order valence-electron chi connectivity index (χ4n) is 3.29. The monoisotopic (exact) mass is 366 g/mol. The number of pyridine rings is 1. The first kappa shape index (κ1) is 16.9. The molecule has 1 saturated heterocycles. The molecule has 26 heavy (non-hydrogen) atoms. The Morgan fingerprint density at radius 3 is 2.81 bits per heavy atom. The van der Waals surface area contributed by atoms with Crippen LogP contribution in [0.15, 0.2) is 60.8 Å². The molecule has 0 N–H and O–H groups in total. The summed E-state index contributed by atoms with van der Waals surface area (Å²) in [6.07, 6.45) is 2.98. The molecule has 4 nitrogen and oxygen atoms in total. The molecule has 1 atom stereocenters. The van der Waals surface area contributed by atoms with Gasteiger partial charge in [-0.1, -0.05) is 41.9 Å². The second-order valence-electron chi connectivity index (χ2n) is 6.50. The fraction of sp³-hybridized carbons (Fsp3) is 0.238. The number of carbonyl (C=O) groups excluding carboxylic acids is 1. The first-order valence-corrected chi connectivity index (χ1v) is 9.09. The second kappa shape index (κ2) is 7.34. The Labute approximate surface area is 157 Å². The smallest absolute Gasteiger partial charge is 0.227 e. The van der Waals surface area contributed by atoms with Gasteiger partial charge in [-0.15, -0.1) is 0 Å². The summed E-state index contributed by atoms with van der Waals surface area (Å²) in [5, 5.41) is 1.73. The van der Waals surface area contributed by atoms with Crippen molar-refractivity contribution in [3.05, 3.63) is 71.4 Å². The highest BCUT2D eigenvalue weighted by molar-refractivity contribution is 6.30. The molecule has 3 aromatic rings. The third-order valence-corrected chi connectivity index (χ3v) is 4.91. The topological polar surface area (TPSA) is 42.4 Å². The highest BCUT2D eigenvalue weighted by Crippen LogP contribution is 2.26. The summed E-state index contributed by atoms with van der Waals surface area (Å²) < 4.78 is 6.16. The highest BCUT2D eigenvalue weighted by Gasteiger charge is 2.28. The number of ether oxygens (including phenoxy) is 1. The number of nitrogens with zero attached hydrogens (tertiary/aromatic N) is 2. The van der Waals surface area contributed by atoms with E-state index in [0.717, 1.165) is 35.2 Å². The molecule has 1 aromatic heterocycles. The maximum atomic E-state index is 12.5. The molecule has 0 spiro atoms. The van der Waals surface area contributed by atoms with Crippen molar-refractivity contribution in [1.82, 2.24) is 9.88 Å². The van der Waals surface area contributed by atoms with Gasteiger partial charge in [0.05, 0.1) is 13.0 Å². The molecule has 2 heterocycles. The molecule has 0 radical (unpaired) electrons. The van der Waals surface area contributed by atoms with Gasteiger partial charge in [-0.25, -0.2) is 0 Å². The lowest BCUT2D eigenvalue weighted by atomic mass is 10.1. The molecule has 1 unspecified atom stereocenters. The van der Waals surface area contributed by atoms with E-state index in [1.165, 1.54) is 0 Å². The number of likely N-dealkylation sites (tertiary alicyclic amines) is 1. The Morgan fingerprint density at radius 2 is 1.96 bits per heavy atom. The Bertz CT molecular complexity index is 921. The van der Waals surface area contributed by atoms with Crippen LogP contribution < -0.4 is 4.74 Å². The van der Waals surface area contributed by atoms with Crippen molar-refractivity contribution in [3.8, 4) is 5.75 Å². The Balaban J connectivity index is 1.40. The first-order valence-electron chi connectivity index (χ1n) is 8.72. The normalized spacial score (nSPS) is 16.8. The molecule has 2 aromatic carbocycles. The standard InChI is InChI=1S/C21H19ClN2O2/c22-17-8-6-15(7-9-17)13-20(25)24-12-10-18(14-24)26-19-5-1-3-16-4-2-11-23-21(16)19/h1-9,11,18H,10,12-14H2. The predicted octanol–water partition coefficient (Wildman–Crippen LogP) is 4.11. The summed E-state index contributed by atoms with van der Waals surface area (Å²) in [5.74, 6) is 0.898. The van der Waals surface area contributed by atoms with Crippen LogP contribution in [-0.2, 0) is 11.2 Å². The van der Waals surface area contributed by atoms with Gasteiger partial charge in [0.1, 0.15) is 17.4 Å². The van der Waals surface area contributed by atoms with E-state index in [1.54, 1.807) is 6.20 Å². The van der Waals surface area contributed by atoms with Crippen LogP contribution in [0.3, 0.4) is 0 Å². The fourth-order valence-corrected chi connectivity index (χ4v) is 3.42. The minimum Gasteiger partial charge on any atom is -0.486 e. The Morgan fingerprint density at radius 1 is 1.15 bits per heavy atom. The molecule has 1 amide bonds. The third kappa shape index (κ3) is 3.65. The van der Waals surface area contributed by atoms with Crippen LogP contribution in [-0.4, -0.2) is 35.0 Å². The molecular weight excluding hydrogens is 348 g/mol. The zero-order valence-corrected chi connectivity index (χ0v) is 15.0. The zero-order chi connectivity index (χ0) is 17.9. The molecule has 5 heteroatoms. The Hall–Kier alpha value is -2.59. The summed E-state index contributed by atoms with van der Waals surface area (Å²) in [5.41, 5.74) is 1.84. The van der Waals surface area contributed by atoms with E-state index >= 15 is 0 Å². The predicted molar refractivity (Wildman–Crippen MR) is 103 cm³/mol. The van der Waals surface area contributed by atoms with Crippen LogP contribution in [0, 0.1) is 0 Å². The average Bonchev–Trinajstić information content (AvgIpc) is 3.13. The number of benzene rings is 2. The van der Waals surface area contributed by atoms with Crippen molar-refractivity contribution in [2.24, 2.45) is 0 Å². The van der Waals surface area contributed by atoms with Gasteiger partial charge in [-0.2, -0.15) is 0 Å². The van der Waals surface area contributed by atoms with Crippen molar-refractivity contribution in [2.75, 3.05) is 13.1 Å². The minimum absolute atomic E-state index is 0.00299. The zero-order valence-electron chi connectivity index (χ0n) is 14.3. The summed E-state index contributed by atoms with van der Waals surface area (Å²) in [6.45, 7) is 1.32. The number of amides is 1. The van der Waals surface area contributed by atoms with Crippen molar-refractivity contribution >= 4 is 28.4 Å². The molecule has 0 bridgehead atoms. The molecule has 1 aliphatic heterocycles. The number of rotatable bonds is 4. The molecule has 1 aliphatic rings. The minimum atomic E-state index is -0.00299. The number of fused-ring (bicyclic) bond motifs is 1. The van der Waals surface area contributed by atoms with Gasteiger partial charge in [0, 0.05) is 29.6 Å². The SMILES string of the molecule is O=C(Cc1ccc(Cl)cc1)N1CCC(Oc2cccc3cccnc23)C1. The first-order chi connectivity index (χ1) is 12.7. The Kier molecular flexibility index (Phi) is 4.76. The van der Waals surface area contributed by atoms with Crippen molar-refractivity contribution in [1.29, 1.82) is 0 Å². The molecule has 4 rings (SSSR count). The van der Waals surface area contributed by atoms with Crippen LogP contribution in [0.2, 0.25) is 5.02 Å². The van der Waals surface area contributed by atoms with E-state index in [4.69, 9.17) is 16.3 Å². The number of para-hydroxylation sites is 1. The number of aromatic nitrogens is 1. The summed E-state index contributed by atoms with van der Waals surface area (Å²) in [7, 11) is 0. The van der Waals surface area contributed by atoms with Crippen LogP contribution in [0.4, 0.5) is 0 Å². The van der Waals surface area contributed by atoms with E-state index in [2.05, 4.69) is 4.98 Å². The van der Waals surface area contributed by atoms with Gasteiger partial charge in [0.15, 0.2) is 0 Å². The average molecular weight is 367 g/mol. The van der Waals surface area contributed by atoms with Crippen molar-refractivity contribution in [3.63, 3.8) is 0 Å². The summed E-state index contributed by atoms with van der Waals surface area (Å²) in [6, 6.07) is 17.3. The molecule has 0 aliphatic carbocycles.